The molecule has 2 heterocycles. The zero-order valence-electron chi connectivity index (χ0n) is 12.2. The van der Waals surface area contributed by atoms with Gasteiger partial charge in [-0.15, -0.1) is 0 Å². The van der Waals surface area contributed by atoms with Crippen LogP contribution < -0.4 is 10.1 Å². The third-order valence-electron chi connectivity index (χ3n) is 3.15. The Hall–Kier alpha value is -3.09. The van der Waals surface area contributed by atoms with Gasteiger partial charge in [-0.2, -0.15) is 10.2 Å². The van der Waals surface area contributed by atoms with Crippen LogP contribution in [0.5, 0.6) is 5.75 Å². The summed E-state index contributed by atoms with van der Waals surface area (Å²) in [5.74, 6) is 0.900. The summed E-state index contributed by atoms with van der Waals surface area (Å²) in [6, 6.07) is 9.09. The van der Waals surface area contributed by atoms with Crippen molar-refractivity contribution in [3.8, 4) is 11.4 Å². The van der Waals surface area contributed by atoms with Crippen molar-refractivity contribution in [2.75, 3.05) is 12.4 Å². The lowest BCUT2D eigenvalue weighted by Gasteiger charge is -2.09. The van der Waals surface area contributed by atoms with Crippen LogP contribution in [0.2, 0.25) is 0 Å². The SMILES string of the molecule is COc1ccc(C)cc1-n1ccc(C(=O)Nc2ccn[nH]2)n1. The van der Waals surface area contributed by atoms with Crippen LogP contribution in [0.4, 0.5) is 5.82 Å². The molecule has 2 N–H and O–H groups in total. The van der Waals surface area contributed by atoms with Crippen LogP contribution in [0.3, 0.4) is 0 Å². The summed E-state index contributed by atoms with van der Waals surface area (Å²) < 4.78 is 6.95. The van der Waals surface area contributed by atoms with Gasteiger partial charge in [0, 0.05) is 12.3 Å². The molecule has 112 valence electrons. The number of methoxy groups -OCH3 is 1. The van der Waals surface area contributed by atoms with Gasteiger partial charge >= 0.3 is 0 Å². The van der Waals surface area contributed by atoms with E-state index in [0.717, 1.165) is 11.3 Å². The third kappa shape index (κ3) is 2.69. The number of nitrogens with one attached hydrogen (secondary N) is 2. The molecule has 0 bridgehead atoms. The lowest BCUT2D eigenvalue weighted by molar-refractivity contribution is 0.102. The van der Waals surface area contributed by atoms with Gasteiger partial charge in [-0.1, -0.05) is 6.07 Å². The molecule has 7 nitrogen and oxygen atoms in total. The number of H-pyrrole nitrogens is 1. The van der Waals surface area contributed by atoms with Gasteiger partial charge in [0.2, 0.25) is 0 Å². The molecule has 22 heavy (non-hydrogen) atoms. The van der Waals surface area contributed by atoms with Gasteiger partial charge in [-0.3, -0.25) is 9.89 Å². The van der Waals surface area contributed by atoms with E-state index in [2.05, 4.69) is 20.6 Å². The number of hydrogen-bond donors (Lipinski definition) is 2. The molecule has 0 spiro atoms. The van der Waals surface area contributed by atoms with Gasteiger partial charge in [0.1, 0.15) is 17.3 Å². The van der Waals surface area contributed by atoms with Crippen molar-refractivity contribution in [3.05, 3.63) is 54.0 Å². The Balaban J connectivity index is 1.87. The molecule has 0 radical (unpaired) electrons. The van der Waals surface area contributed by atoms with E-state index in [1.165, 1.54) is 0 Å². The van der Waals surface area contributed by atoms with E-state index in [9.17, 15) is 4.79 Å². The molecular formula is C15H15N5O2. The minimum atomic E-state index is -0.311. The zero-order chi connectivity index (χ0) is 15.5. The molecule has 1 aromatic carbocycles. The molecule has 0 saturated carbocycles. The summed E-state index contributed by atoms with van der Waals surface area (Å²) in [4.78, 5) is 12.1. The lowest BCUT2D eigenvalue weighted by atomic mass is 10.2. The zero-order valence-corrected chi connectivity index (χ0v) is 12.2. The molecule has 0 aliphatic heterocycles. The van der Waals surface area contributed by atoms with Crippen LogP contribution in [0.15, 0.2) is 42.7 Å². The van der Waals surface area contributed by atoms with Crippen LogP contribution in [-0.4, -0.2) is 33.0 Å². The van der Waals surface area contributed by atoms with Gasteiger partial charge in [-0.25, -0.2) is 4.68 Å². The van der Waals surface area contributed by atoms with Crippen molar-refractivity contribution < 1.29 is 9.53 Å². The number of rotatable bonds is 4. The first-order chi connectivity index (χ1) is 10.7. The Morgan fingerprint density at radius 3 is 2.91 bits per heavy atom. The van der Waals surface area contributed by atoms with E-state index in [1.54, 1.807) is 36.3 Å². The van der Waals surface area contributed by atoms with Crippen LogP contribution in [0, 0.1) is 6.92 Å². The quantitative estimate of drug-likeness (QED) is 0.773. The maximum absolute atomic E-state index is 12.1. The number of carbonyl (C=O) groups excluding carboxylic acids is 1. The predicted molar refractivity (Wildman–Crippen MR) is 81.4 cm³/mol. The van der Waals surface area contributed by atoms with Gasteiger partial charge in [-0.05, 0) is 30.7 Å². The minimum absolute atomic E-state index is 0.304. The third-order valence-corrected chi connectivity index (χ3v) is 3.15. The number of anilines is 1. The van der Waals surface area contributed by atoms with E-state index >= 15 is 0 Å². The number of aryl methyl sites for hydroxylation is 1. The second-order valence-corrected chi connectivity index (χ2v) is 4.75. The smallest absolute Gasteiger partial charge is 0.277 e. The van der Waals surface area contributed by atoms with Gasteiger partial charge in [0.25, 0.3) is 5.91 Å². The summed E-state index contributed by atoms with van der Waals surface area (Å²) in [6.07, 6.45) is 3.28. The van der Waals surface area contributed by atoms with Gasteiger partial charge in [0.15, 0.2) is 5.69 Å². The Bertz CT molecular complexity index is 792. The first-order valence-corrected chi connectivity index (χ1v) is 6.69. The van der Waals surface area contributed by atoms with Crippen molar-refractivity contribution in [2.45, 2.75) is 6.92 Å². The molecule has 0 unspecified atom stereocenters. The Morgan fingerprint density at radius 2 is 2.18 bits per heavy atom. The summed E-state index contributed by atoms with van der Waals surface area (Å²) in [5, 5.41) is 13.4. The molecule has 1 amide bonds. The monoisotopic (exact) mass is 297 g/mol. The molecule has 0 atom stereocenters. The summed E-state index contributed by atoms with van der Waals surface area (Å²) in [7, 11) is 1.60. The number of aromatic amines is 1. The van der Waals surface area contributed by atoms with Crippen LogP contribution in [0.1, 0.15) is 16.1 Å². The minimum Gasteiger partial charge on any atom is -0.494 e. The second-order valence-electron chi connectivity index (χ2n) is 4.75. The average Bonchev–Trinajstić information content (AvgIpc) is 3.18. The fourth-order valence-electron chi connectivity index (χ4n) is 2.07. The molecule has 7 heteroatoms. The van der Waals surface area contributed by atoms with E-state index in [0.29, 0.717) is 17.3 Å². The Kier molecular flexibility index (Phi) is 3.61. The molecule has 0 aliphatic rings. The average molecular weight is 297 g/mol. The highest BCUT2D eigenvalue weighted by Gasteiger charge is 2.13. The van der Waals surface area contributed by atoms with Crippen LogP contribution >= 0.6 is 0 Å². The highest BCUT2D eigenvalue weighted by molar-refractivity contribution is 6.02. The maximum Gasteiger partial charge on any atom is 0.277 e. The number of carbonyl (C=O) groups is 1. The normalized spacial score (nSPS) is 10.5. The fourth-order valence-corrected chi connectivity index (χ4v) is 2.07. The molecule has 0 aliphatic carbocycles. The molecule has 2 aromatic heterocycles. The van der Waals surface area contributed by atoms with E-state index in [-0.39, 0.29) is 5.91 Å². The van der Waals surface area contributed by atoms with Crippen molar-refractivity contribution in [1.82, 2.24) is 20.0 Å². The number of hydrogen-bond acceptors (Lipinski definition) is 4. The number of ether oxygens (including phenoxy) is 1. The van der Waals surface area contributed by atoms with Crippen molar-refractivity contribution in [3.63, 3.8) is 0 Å². The van der Waals surface area contributed by atoms with Gasteiger partial charge < -0.3 is 10.1 Å². The summed E-state index contributed by atoms with van der Waals surface area (Å²) >= 11 is 0. The fraction of sp³-hybridized carbons (Fsp3) is 0.133. The molecule has 0 saturated heterocycles. The maximum atomic E-state index is 12.1. The molecule has 3 rings (SSSR count). The number of nitrogens with zero attached hydrogens (tertiary/aromatic N) is 3. The van der Waals surface area contributed by atoms with E-state index in [4.69, 9.17) is 4.74 Å². The standard InChI is InChI=1S/C15H15N5O2/c1-10-3-4-13(22-2)12(9-10)20-8-6-11(19-20)15(21)17-14-5-7-16-18-14/h3-9H,1-2H3,(H2,16,17,18,21). The largest absolute Gasteiger partial charge is 0.494 e. The van der Waals surface area contributed by atoms with Crippen molar-refractivity contribution >= 4 is 11.7 Å². The summed E-state index contributed by atoms with van der Waals surface area (Å²) in [5.41, 5.74) is 2.16. The Morgan fingerprint density at radius 1 is 1.32 bits per heavy atom. The highest BCUT2D eigenvalue weighted by Crippen LogP contribution is 2.23. The van der Waals surface area contributed by atoms with Gasteiger partial charge in [0.05, 0.1) is 13.3 Å². The number of amides is 1. The first-order valence-electron chi connectivity index (χ1n) is 6.69. The van der Waals surface area contributed by atoms with Crippen LogP contribution in [0.25, 0.3) is 5.69 Å². The second kappa shape index (κ2) is 5.72. The van der Waals surface area contributed by atoms with E-state index < -0.39 is 0 Å². The van der Waals surface area contributed by atoms with Crippen molar-refractivity contribution in [1.29, 1.82) is 0 Å². The Labute approximate surface area is 126 Å². The predicted octanol–water partition coefficient (Wildman–Crippen LogP) is 2.16. The van der Waals surface area contributed by atoms with Crippen LogP contribution in [-0.2, 0) is 0 Å². The van der Waals surface area contributed by atoms with Crippen molar-refractivity contribution in [2.24, 2.45) is 0 Å². The number of benzene rings is 1. The molecular weight excluding hydrogens is 282 g/mol. The van der Waals surface area contributed by atoms with E-state index in [1.807, 2.05) is 25.1 Å². The number of aromatic nitrogens is 4. The first kappa shape index (κ1) is 13.9. The lowest BCUT2D eigenvalue weighted by Crippen LogP contribution is -2.13. The molecule has 3 aromatic rings. The highest BCUT2D eigenvalue weighted by atomic mass is 16.5. The topological polar surface area (TPSA) is 84.8 Å². The summed E-state index contributed by atoms with van der Waals surface area (Å²) in [6.45, 7) is 1.98. The molecule has 0 fully saturated rings.